The minimum Gasteiger partial charge on any atom is -0.496 e. The molecule has 2 heterocycles. The number of ketones is 1. The molecule has 6 heteroatoms. The first kappa shape index (κ1) is 16.8. The number of allylic oxidation sites excluding steroid dienone is 1. The molecule has 27 heavy (non-hydrogen) atoms. The number of fused-ring (bicyclic) bond motifs is 3. The molecule has 0 N–H and O–H groups in total. The van der Waals surface area contributed by atoms with E-state index in [0.717, 1.165) is 27.9 Å². The van der Waals surface area contributed by atoms with Gasteiger partial charge in [0, 0.05) is 22.6 Å². The van der Waals surface area contributed by atoms with Gasteiger partial charge in [0.15, 0.2) is 5.76 Å². The molecule has 1 aliphatic carbocycles. The van der Waals surface area contributed by atoms with Crippen LogP contribution < -0.4 is 14.2 Å². The average Bonchev–Trinajstić information content (AvgIpc) is 3.47. The Morgan fingerprint density at radius 2 is 2.11 bits per heavy atom. The summed E-state index contributed by atoms with van der Waals surface area (Å²) in [5.74, 6) is 2.31. The molecule has 0 aromatic heterocycles. The smallest absolute Gasteiger partial charge is 0.231 e. The third-order valence-electron chi connectivity index (χ3n) is 5.19. The van der Waals surface area contributed by atoms with Crippen LogP contribution in [0.1, 0.15) is 34.3 Å². The molecular formula is C21H18BrNO4. The maximum Gasteiger partial charge on any atom is 0.231 e. The molecular weight excluding hydrogens is 410 g/mol. The maximum absolute atomic E-state index is 12.9. The number of hydrogen-bond donors (Lipinski definition) is 0. The largest absolute Gasteiger partial charge is 0.496 e. The number of methoxy groups -OCH3 is 1. The van der Waals surface area contributed by atoms with Crippen LogP contribution in [0.4, 0.5) is 0 Å². The quantitative estimate of drug-likeness (QED) is 0.679. The van der Waals surface area contributed by atoms with Crippen molar-refractivity contribution in [2.45, 2.75) is 25.4 Å². The van der Waals surface area contributed by atoms with E-state index in [1.807, 2.05) is 24.3 Å². The van der Waals surface area contributed by atoms with Crippen molar-refractivity contribution < 1.29 is 19.0 Å². The molecule has 5 rings (SSSR count). The van der Waals surface area contributed by atoms with Gasteiger partial charge in [0.1, 0.15) is 24.0 Å². The van der Waals surface area contributed by atoms with Crippen molar-refractivity contribution in [2.24, 2.45) is 0 Å². The number of halogens is 1. The van der Waals surface area contributed by atoms with Crippen LogP contribution in [0.2, 0.25) is 0 Å². The van der Waals surface area contributed by atoms with Crippen LogP contribution in [-0.2, 0) is 6.54 Å². The van der Waals surface area contributed by atoms with Crippen molar-refractivity contribution >= 4 is 27.8 Å². The van der Waals surface area contributed by atoms with Crippen LogP contribution in [0.3, 0.4) is 0 Å². The van der Waals surface area contributed by atoms with Crippen LogP contribution >= 0.6 is 15.9 Å². The average molecular weight is 428 g/mol. The van der Waals surface area contributed by atoms with Crippen LogP contribution in [-0.4, -0.2) is 30.6 Å². The summed E-state index contributed by atoms with van der Waals surface area (Å²) in [4.78, 5) is 15.2. The van der Waals surface area contributed by atoms with E-state index in [-0.39, 0.29) is 5.78 Å². The number of carbonyl (C=O) groups excluding carboxylic acids is 1. The number of rotatable bonds is 3. The molecule has 0 saturated heterocycles. The number of benzene rings is 2. The summed E-state index contributed by atoms with van der Waals surface area (Å²) in [5.41, 5.74) is 2.34. The monoisotopic (exact) mass is 427 g/mol. The first-order valence-electron chi connectivity index (χ1n) is 8.94. The summed E-state index contributed by atoms with van der Waals surface area (Å²) in [5, 5.41) is 0. The van der Waals surface area contributed by atoms with E-state index in [1.165, 1.54) is 12.8 Å². The van der Waals surface area contributed by atoms with E-state index < -0.39 is 0 Å². The van der Waals surface area contributed by atoms with Gasteiger partial charge in [0.05, 0.1) is 18.2 Å². The Labute approximate surface area is 165 Å². The van der Waals surface area contributed by atoms with Crippen molar-refractivity contribution in [3.8, 4) is 17.2 Å². The van der Waals surface area contributed by atoms with Gasteiger partial charge in [-0.2, -0.15) is 0 Å². The number of nitrogens with zero attached hydrogens (tertiary/aromatic N) is 1. The van der Waals surface area contributed by atoms with Gasteiger partial charge in [-0.1, -0.05) is 15.9 Å². The normalized spacial score (nSPS) is 20.1. The number of hydrogen-bond acceptors (Lipinski definition) is 5. The van der Waals surface area contributed by atoms with Gasteiger partial charge < -0.3 is 14.2 Å². The summed E-state index contributed by atoms with van der Waals surface area (Å²) >= 11 is 3.46. The molecule has 0 atom stereocenters. The predicted octanol–water partition coefficient (Wildman–Crippen LogP) is 4.39. The summed E-state index contributed by atoms with van der Waals surface area (Å²) in [6.07, 6.45) is 4.16. The lowest BCUT2D eigenvalue weighted by Crippen LogP contribution is -2.33. The van der Waals surface area contributed by atoms with E-state index in [4.69, 9.17) is 14.2 Å². The Kier molecular flexibility index (Phi) is 3.98. The maximum atomic E-state index is 12.9. The number of Topliss-reactive ketones (excluding diaryl/α,β-unsaturated/α-hetero) is 1. The SMILES string of the molecule is COc1ccc(Br)cc1/C=C1\Oc2c(ccc3c2CN(C2CC2)CO3)C1=O. The third-order valence-corrected chi connectivity index (χ3v) is 5.68. The second-order valence-corrected chi connectivity index (χ2v) is 7.91. The van der Waals surface area contributed by atoms with E-state index >= 15 is 0 Å². The molecule has 2 aromatic carbocycles. The summed E-state index contributed by atoms with van der Waals surface area (Å²) in [6.45, 7) is 1.35. The third kappa shape index (κ3) is 2.93. The molecule has 0 unspecified atom stereocenters. The zero-order valence-corrected chi connectivity index (χ0v) is 16.4. The fourth-order valence-electron chi connectivity index (χ4n) is 3.61. The zero-order valence-electron chi connectivity index (χ0n) is 14.8. The molecule has 138 valence electrons. The Bertz CT molecular complexity index is 980. The molecule has 1 saturated carbocycles. The van der Waals surface area contributed by atoms with Gasteiger partial charge in [0.2, 0.25) is 5.78 Å². The Morgan fingerprint density at radius 1 is 1.26 bits per heavy atom. The highest BCUT2D eigenvalue weighted by atomic mass is 79.9. The first-order valence-corrected chi connectivity index (χ1v) is 9.74. The number of carbonyl (C=O) groups is 1. The molecule has 0 bridgehead atoms. The van der Waals surface area contributed by atoms with E-state index in [2.05, 4.69) is 20.8 Å². The molecule has 0 spiro atoms. The first-order chi connectivity index (χ1) is 13.1. The Hall–Kier alpha value is -2.31. The van der Waals surface area contributed by atoms with E-state index in [0.29, 0.717) is 35.6 Å². The standard InChI is InChI=1S/C21H18BrNO4/c1-25-17-6-2-13(22)8-12(17)9-19-20(24)15-5-7-18-16(21(15)27-19)10-23(11-26-18)14-3-4-14/h2,5-9,14H,3-4,10-11H2,1H3/b19-9-. The van der Waals surface area contributed by atoms with Crippen molar-refractivity contribution in [2.75, 3.05) is 13.8 Å². The Morgan fingerprint density at radius 3 is 2.89 bits per heavy atom. The lowest BCUT2D eigenvalue weighted by molar-refractivity contribution is 0.0868. The van der Waals surface area contributed by atoms with Crippen molar-refractivity contribution in [1.82, 2.24) is 4.90 Å². The molecule has 3 aliphatic rings. The van der Waals surface area contributed by atoms with Gasteiger partial charge in [-0.05, 0) is 49.2 Å². The number of ether oxygens (including phenoxy) is 3. The molecule has 0 amide bonds. The van der Waals surface area contributed by atoms with Crippen LogP contribution in [0.25, 0.3) is 6.08 Å². The lowest BCUT2D eigenvalue weighted by atomic mass is 10.0. The van der Waals surface area contributed by atoms with Gasteiger partial charge in [0.25, 0.3) is 0 Å². The van der Waals surface area contributed by atoms with Crippen molar-refractivity contribution in [3.63, 3.8) is 0 Å². The highest BCUT2D eigenvalue weighted by Gasteiger charge is 2.37. The lowest BCUT2D eigenvalue weighted by Gasteiger charge is -2.29. The van der Waals surface area contributed by atoms with Gasteiger partial charge >= 0.3 is 0 Å². The van der Waals surface area contributed by atoms with E-state index in [1.54, 1.807) is 19.3 Å². The van der Waals surface area contributed by atoms with Crippen LogP contribution in [0.15, 0.2) is 40.6 Å². The topological polar surface area (TPSA) is 48.0 Å². The molecule has 0 radical (unpaired) electrons. The van der Waals surface area contributed by atoms with Gasteiger partial charge in [-0.25, -0.2) is 0 Å². The fraction of sp³-hybridized carbons (Fsp3) is 0.286. The van der Waals surface area contributed by atoms with Crippen molar-refractivity contribution in [3.05, 3.63) is 57.3 Å². The molecule has 2 aromatic rings. The second-order valence-electron chi connectivity index (χ2n) is 7.00. The summed E-state index contributed by atoms with van der Waals surface area (Å²) < 4.78 is 18.2. The Balaban J connectivity index is 1.52. The van der Waals surface area contributed by atoms with Gasteiger partial charge in [-0.3, -0.25) is 9.69 Å². The molecule has 2 aliphatic heterocycles. The summed E-state index contributed by atoms with van der Waals surface area (Å²) in [7, 11) is 1.61. The highest BCUT2D eigenvalue weighted by Crippen LogP contribution is 2.44. The minimum absolute atomic E-state index is 0.113. The minimum atomic E-state index is -0.113. The van der Waals surface area contributed by atoms with Crippen LogP contribution in [0, 0.1) is 0 Å². The van der Waals surface area contributed by atoms with Crippen molar-refractivity contribution in [1.29, 1.82) is 0 Å². The van der Waals surface area contributed by atoms with E-state index in [9.17, 15) is 4.79 Å². The second kappa shape index (κ2) is 6.39. The fourth-order valence-corrected chi connectivity index (χ4v) is 3.99. The molecule has 5 nitrogen and oxygen atoms in total. The highest BCUT2D eigenvalue weighted by molar-refractivity contribution is 9.10. The summed E-state index contributed by atoms with van der Waals surface area (Å²) in [6, 6.07) is 9.91. The van der Waals surface area contributed by atoms with Gasteiger partial charge in [-0.15, -0.1) is 0 Å². The molecule has 1 fully saturated rings. The van der Waals surface area contributed by atoms with Crippen LogP contribution in [0.5, 0.6) is 17.2 Å². The zero-order chi connectivity index (χ0) is 18.5. The predicted molar refractivity (Wildman–Crippen MR) is 104 cm³/mol.